The lowest BCUT2D eigenvalue weighted by molar-refractivity contribution is 0.256. The van der Waals surface area contributed by atoms with E-state index in [2.05, 4.69) is 10.3 Å². The molecule has 0 saturated heterocycles. The third-order valence-electron chi connectivity index (χ3n) is 4.87. The molecule has 0 bridgehead atoms. The highest BCUT2D eigenvalue weighted by atomic mass is 35.5. The fraction of sp³-hybridized carbons (Fsp3) is 0. The number of benzene rings is 2. The number of oxazole rings is 1. The molecule has 0 aliphatic carbocycles. The summed E-state index contributed by atoms with van der Waals surface area (Å²) in [7, 11) is -4.14. The molecule has 0 atom stereocenters. The Morgan fingerprint density at radius 1 is 1.09 bits per heavy atom. The van der Waals surface area contributed by atoms with Gasteiger partial charge in [-0.3, -0.25) is 9.36 Å². The van der Waals surface area contributed by atoms with Crippen molar-refractivity contribution < 1.29 is 17.6 Å². The first-order chi connectivity index (χ1) is 16.2. The molecule has 34 heavy (non-hydrogen) atoms. The number of carbonyl (C=O) groups excluding carboxylic acids is 1. The first-order valence-electron chi connectivity index (χ1n) is 9.49. The number of urea groups is 1. The van der Waals surface area contributed by atoms with Gasteiger partial charge in [0, 0.05) is 17.6 Å². The molecule has 13 heteroatoms. The van der Waals surface area contributed by atoms with Crippen molar-refractivity contribution in [3.63, 3.8) is 0 Å². The first-order valence-corrected chi connectivity index (χ1v) is 12.5. The number of nitrogens with one attached hydrogen (secondary N) is 2. The monoisotopic (exact) mass is 534 g/mol. The van der Waals surface area contributed by atoms with Gasteiger partial charge in [-0.2, -0.15) is 0 Å². The first kappa shape index (κ1) is 22.4. The van der Waals surface area contributed by atoms with Gasteiger partial charge in [-0.15, -0.1) is 11.3 Å². The second kappa shape index (κ2) is 8.44. The van der Waals surface area contributed by atoms with Crippen molar-refractivity contribution >= 4 is 78.2 Å². The number of thiophene rings is 1. The third kappa shape index (κ3) is 4.14. The van der Waals surface area contributed by atoms with E-state index in [9.17, 15) is 18.0 Å². The Kier molecular flexibility index (Phi) is 5.56. The Morgan fingerprint density at radius 3 is 2.56 bits per heavy atom. The molecule has 0 spiro atoms. The SMILES string of the molecule is O=C(Nc1ccc(-n2ccc3cc4ncoc4cc3c2=O)cc1)NS(=O)(=O)c1cc(Cl)c(Cl)s1. The van der Waals surface area contributed by atoms with Crippen LogP contribution in [0.2, 0.25) is 9.36 Å². The van der Waals surface area contributed by atoms with E-state index in [0.29, 0.717) is 27.9 Å². The quantitative estimate of drug-likeness (QED) is 0.334. The van der Waals surface area contributed by atoms with Crippen LogP contribution >= 0.6 is 34.5 Å². The average molecular weight is 535 g/mol. The summed E-state index contributed by atoms with van der Waals surface area (Å²) in [6.07, 6.45) is 2.95. The molecule has 0 saturated carbocycles. The van der Waals surface area contributed by atoms with Gasteiger partial charge < -0.3 is 9.73 Å². The minimum atomic E-state index is -4.14. The van der Waals surface area contributed by atoms with Gasteiger partial charge in [0.25, 0.3) is 15.6 Å². The van der Waals surface area contributed by atoms with Crippen molar-refractivity contribution in [1.29, 1.82) is 0 Å². The molecule has 0 aliphatic heterocycles. The molecular formula is C21H12Cl2N4O5S2. The van der Waals surface area contributed by atoms with E-state index in [-0.39, 0.29) is 19.1 Å². The number of nitrogens with zero attached hydrogens (tertiary/aromatic N) is 2. The molecular weight excluding hydrogens is 523 g/mol. The summed E-state index contributed by atoms with van der Waals surface area (Å²) in [5, 5.41) is 3.71. The number of fused-ring (bicyclic) bond motifs is 2. The predicted octanol–water partition coefficient (Wildman–Crippen LogP) is 5.01. The Hall–Kier alpha value is -3.38. The summed E-state index contributed by atoms with van der Waals surface area (Å²) in [6, 6.07) is 11.7. The largest absolute Gasteiger partial charge is 0.443 e. The molecule has 0 unspecified atom stereocenters. The van der Waals surface area contributed by atoms with Gasteiger partial charge in [0.2, 0.25) is 0 Å². The molecule has 0 fully saturated rings. The number of sulfonamides is 1. The molecule has 0 aliphatic rings. The molecule has 9 nitrogen and oxygen atoms in total. The van der Waals surface area contributed by atoms with E-state index < -0.39 is 16.1 Å². The number of pyridine rings is 1. The summed E-state index contributed by atoms with van der Waals surface area (Å²) in [6.45, 7) is 0. The van der Waals surface area contributed by atoms with E-state index in [1.807, 2.05) is 4.72 Å². The molecule has 172 valence electrons. The summed E-state index contributed by atoms with van der Waals surface area (Å²) in [5.41, 5.74) is 1.77. The highest BCUT2D eigenvalue weighted by Gasteiger charge is 2.22. The van der Waals surface area contributed by atoms with Crippen LogP contribution in [0.5, 0.6) is 0 Å². The topological polar surface area (TPSA) is 123 Å². The fourth-order valence-electron chi connectivity index (χ4n) is 3.29. The minimum absolute atomic E-state index is 0.0808. The number of carbonyl (C=O) groups is 1. The van der Waals surface area contributed by atoms with Crippen LogP contribution in [0.3, 0.4) is 0 Å². The lowest BCUT2D eigenvalue weighted by Crippen LogP contribution is -2.33. The normalized spacial score (nSPS) is 11.7. The second-order valence-electron chi connectivity index (χ2n) is 7.04. The van der Waals surface area contributed by atoms with Crippen LogP contribution in [0.25, 0.3) is 27.6 Å². The zero-order valence-electron chi connectivity index (χ0n) is 16.8. The summed E-state index contributed by atoms with van der Waals surface area (Å²) >= 11 is 12.3. The van der Waals surface area contributed by atoms with Gasteiger partial charge in [-0.05, 0) is 53.9 Å². The van der Waals surface area contributed by atoms with E-state index >= 15 is 0 Å². The highest BCUT2D eigenvalue weighted by molar-refractivity contribution is 7.92. The lowest BCUT2D eigenvalue weighted by atomic mass is 10.1. The van der Waals surface area contributed by atoms with Gasteiger partial charge >= 0.3 is 6.03 Å². The predicted molar refractivity (Wildman–Crippen MR) is 131 cm³/mol. The third-order valence-corrected chi connectivity index (χ3v) is 8.54. The molecule has 5 aromatic rings. The number of aromatic nitrogens is 2. The summed E-state index contributed by atoms with van der Waals surface area (Å²) in [5.74, 6) is 0. The number of rotatable bonds is 4. The molecule has 2 amide bonds. The van der Waals surface area contributed by atoms with Crippen molar-refractivity contribution in [2.24, 2.45) is 0 Å². The van der Waals surface area contributed by atoms with Crippen molar-refractivity contribution in [3.05, 3.63) is 80.8 Å². The molecule has 2 N–H and O–H groups in total. The van der Waals surface area contributed by atoms with Crippen LogP contribution < -0.4 is 15.6 Å². The van der Waals surface area contributed by atoms with Gasteiger partial charge in [0.05, 0.1) is 10.4 Å². The molecule has 3 heterocycles. The number of halogens is 2. The Morgan fingerprint density at radius 2 is 1.85 bits per heavy atom. The van der Waals surface area contributed by atoms with E-state index in [1.165, 1.54) is 23.1 Å². The van der Waals surface area contributed by atoms with Crippen molar-refractivity contribution in [2.75, 3.05) is 5.32 Å². The van der Waals surface area contributed by atoms with Crippen LogP contribution in [-0.2, 0) is 10.0 Å². The zero-order chi connectivity index (χ0) is 24.0. The maximum Gasteiger partial charge on any atom is 0.333 e. The van der Waals surface area contributed by atoms with Crippen LogP contribution in [-0.4, -0.2) is 24.0 Å². The minimum Gasteiger partial charge on any atom is -0.443 e. The second-order valence-corrected chi connectivity index (χ2v) is 11.0. The number of hydrogen-bond donors (Lipinski definition) is 2. The molecule has 3 aromatic heterocycles. The average Bonchev–Trinajstić information content (AvgIpc) is 3.39. The van der Waals surface area contributed by atoms with E-state index in [4.69, 9.17) is 27.6 Å². The number of amides is 2. The Bertz CT molecular complexity index is 1720. The fourth-order valence-corrected chi connectivity index (χ4v) is 6.08. The van der Waals surface area contributed by atoms with E-state index in [1.54, 1.807) is 36.5 Å². The van der Waals surface area contributed by atoms with Gasteiger partial charge in [0.1, 0.15) is 14.1 Å². The molecule has 5 rings (SSSR count). The Balaban J connectivity index is 1.36. The van der Waals surface area contributed by atoms with Crippen LogP contribution in [0, 0.1) is 0 Å². The summed E-state index contributed by atoms with van der Waals surface area (Å²) in [4.78, 5) is 29.3. The maximum absolute atomic E-state index is 13.0. The Labute approximate surface area is 205 Å². The highest BCUT2D eigenvalue weighted by Crippen LogP contribution is 2.34. The van der Waals surface area contributed by atoms with Crippen molar-refractivity contribution in [2.45, 2.75) is 4.21 Å². The smallest absolute Gasteiger partial charge is 0.333 e. The van der Waals surface area contributed by atoms with Gasteiger partial charge in [0.15, 0.2) is 12.0 Å². The van der Waals surface area contributed by atoms with Crippen LogP contribution in [0.15, 0.2) is 74.5 Å². The van der Waals surface area contributed by atoms with Crippen molar-refractivity contribution in [1.82, 2.24) is 14.3 Å². The maximum atomic E-state index is 13.0. The number of hydrogen-bond acceptors (Lipinski definition) is 7. The molecule has 0 radical (unpaired) electrons. The zero-order valence-corrected chi connectivity index (χ0v) is 19.9. The van der Waals surface area contributed by atoms with Gasteiger partial charge in [-0.25, -0.2) is 22.9 Å². The van der Waals surface area contributed by atoms with Crippen molar-refractivity contribution in [3.8, 4) is 5.69 Å². The van der Waals surface area contributed by atoms with Crippen LogP contribution in [0.4, 0.5) is 10.5 Å². The number of anilines is 1. The van der Waals surface area contributed by atoms with E-state index in [0.717, 1.165) is 22.8 Å². The van der Waals surface area contributed by atoms with Gasteiger partial charge in [-0.1, -0.05) is 23.2 Å². The standard InChI is InChI=1S/C21H12Cl2N4O5S2/c22-15-9-18(33-19(15)23)34(30,31)26-21(29)25-12-1-3-13(4-2-12)27-6-5-11-7-16-17(32-10-24-16)8-14(11)20(27)28/h1-10H,(H2,25,26,29). The van der Waals surface area contributed by atoms with Crippen LogP contribution in [0.1, 0.15) is 0 Å². The molecule has 2 aromatic carbocycles. The summed E-state index contributed by atoms with van der Waals surface area (Å²) < 4.78 is 33.2. The lowest BCUT2D eigenvalue weighted by Gasteiger charge is -2.10.